The van der Waals surface area contributed by atoms with Gasteiger partial charge in [-0.25, -0.2) is 9.97 Å². The van der Waals surface area contributed by atoms with Gasteiger partial charge in [0, 0.05) is 37.6 Å². The molecular formula is C19H20FN5OS2. The molecule has 2 aromatic rings. The van der Waals surface area contributed by atoms with Crippen LogP contribution in [0.2, 0.25) is 0 Å². The van der Waals surface area contributed by atoms with Crippen molar-refractivity contribution >= 4 is 40.6 Å². The first-order chi connectivity index (χ1) is 13.6. The summed E-state index contributed by atoms with van der Waals surface area (Å²) in [5, 5.41) is 1.85. The number of thiocarbonyl (C=S) groups is 1. The maximum absolute atomic E-state index is 14.8. The number of nitrogens with two attached hydrogens (primary N) is 1. The number of halogens is 1. The van der Waals surface area contributed by atoms with Gasteiger partial charge in [0.15, 0.2) is 0 Å². The molecule has 4 rings (SSSR count). The summed E-state index contributed by atoms with van der Waals surface area (Å²) in [6.07, 6.45) is 5.30. The maximum Gasteiger partial charge on any atom is 0.270 e. The number of hydrogen-bond donors (Lipinski definition) is 1. The standard InChI is InChI=1S/C19H20FN5OS2/c20-17-13(4-5-15(23-17)24-7-2-1-3-8-24)18-22-14-6-9-25(12(10-21)11-27)19(26)16(14)28-18/h4-5,10-11H,1-3,6-9,21H2/b12-10+. The van der Waals surface area contributed by atoms with E-state index >= 15 is 0 Å². The molecule has 2 N–H and O–H groups in total. The van der Waals surface area contributed by atoms with Gasteiger partial charge in [0.05, 0.1) is 17.0 Å². The Morgan fingerprint density at radius 3 is 2.68 bits per heavy atom. The van der Waals surface area contributed by atoms with Crippen LogP contribution in [0, 0.1) is 5.95 Å². The lowest BCUT2D eigenvalue weighted by Crippen LogP contribution is -2.36. The lowest BCUT2D eigenvalue weighted by molar-refractivity contribution is 0.0805. The van der Waals surface area contributed by atoms with Crippen LogP contribution in [0.25, 0.3) is 10.6 Å². The second-order valence-electron chi connectivity index (χ2n) is 6.77. The number of pyridine rings is 1. The second kappa shape index (κ2) is 7.92. The number of rotatable bonds is 4. The first-order valence-corrected chi connectivity index (χ1v) is 10.5. The fourth-order valence-corrected chi connectivity index (χ4v) is 4.85. The Morgan fingerprint density at radius 1 is 1.21 bits per heavy atom. The molecule has 2 aliphatic rings. The third-order valence-electron chi connectivity index (χ3n) is 5.06. The lowest BCUT2D eigenvalue weighted by atomic mass is 10.1. The van der Waals surface area contributed by atoms with Gasteiger partial charge in [0.2, 0.25) is 5.95 Å². The van der Waals surface area contributed by atoms with Crippen molar-refractivity contribution in [1.82, 2.24) is 14.9 Å². The van der Waals surface area contributed by atoms with E-state index in [-0.39, 0.29) is 5.91 Å². The van der Waals surface area contributed by atoms with E-state index in [1.54, 1.807) is 6.07 Å². The molecule has 9 heteroatoms. The van der Waals surface area contributed by atoms with Crippen molar-refractivity contribution in [3.63, 3.8) is 0 Å². The normalized spacial score (nSPS) is 17.6. The number of aromatic nitrogens is 2. The Kier molecular flexibility index (Phi) is 5.36. The molecule has 0 aliphatic carbocycles. The van der Waals surface area contributed by atoms with Crippen molar-refractivity contribution in [3.05, 3.63) is 40.5 Å². The number of anilines is 1. The number of carbonyl (C=O) groups excluding carboxylic acids is 1. The fraction of sp³-hybridized carbons (Fsp3) is 0.368. The summed E-state index contributed by atoms with van der Waals surface area (Å²) in [5.41, 5.74) is 7.05. The van der Waals surface area contributed by atoms with Gasteiger partial charge >= 0.3 is 0 Å². The predicted octanol–water partition coefficient (Wildman–Crippen LogP) is 3.13. The Labute approximate surface area is 171 Å². The summed E-state index contributed by atoms with van der Waals surface area (Å²) >= 11 is 6.11. The molecule has 2 aromatic heterocycles. The van der Waals surface area contributed by atoms with Crippen LogP contribution in [-0.4, -0.2) is 45.8 Å². The van der Waals surface area contributed by atoms with E-state index in [1.165, 1.54) is 34.2 Å². The maximum atomic E-state index is 14.8. The number of hydrogen-bond acceptors (Lipinski definition) is 7. The van der Waals surface area contributed by atoms with E-state index in [0.29, 0.717) is 45.6 Å². The van der Waals surface area contributed by atoms with E-state index in [1.807, 2.05) is 6.07 Å². The van der Waals surface area contributed by atoms with Crippen molar-refractivity contribution < 1.29 is 9.18 Å². The van der Waals surface area contributed by atoms with Crippen LogP contribution < -0.4 is 10.6 Å². The molecule has 28 heavy (non-hydrogen) atoms. The van der Waals surface area contributed by atoms with Crippen LogP contribution in [0.15, 0.2) is 24.0 Å². The zero-order chi connectivity index (χ0) is 19.7. The van der Waals surface area contributed by atoms with Crippen molar-refractivity contribution in [3.8, 4) is 10.6 Å². The molecule has 0 unspecified atom stereocenters. The minimum absolute atomic E-state index is 0.207. The van der Waals surface area contributed by atoms with Gasteiger partial charge < -0.3 is 15.5 Å². The van der Waals surface area contributed by atoms with Gasteiger partial charge in [-0.05, 0) is 31.4 Å². The SMILES string of the molecule is N/C=C(\C=S)N1CCc2nc(-c3ccc(N4CCCCC4)nc3F)sc2C1=O. The Bertz CT molecular complexity index is 952. The van der Waals surface area contributed by atoms with Crippen LogP contribution in [0.4, 0.5) is 10.2 Å². The van der Waals surface area contributed by atoms with E-state index in [0.717, 1.165) is 25.9 Å². The minimum Gasteiger partial charge on any atom is -0.403 e. The second-order valence-corrected chi connectivity index (χ2v) is 8.00. The van der Waals surface area contributed by atoms with Crippen molar-refractivity contribution in [2.45, 2.75) is 25.7 Å². The summed E-state index contributed by atoms with van der Waals surface area (Å²) in [5.74, 6) is -0.107. The lowest BCUT2D eigenvalue weighted by Gasteiger charge is -2.27. The van der Waals surface area contributed by atoms with Gasteiger partial charge in [-0.15, -0.1) is 11.3 Å². The van der Waals surface area contributed by atoms with Crippen LogP contribution >= 0.6 is 23.6 Å². The Morgan fingerprint density at radius 2 is 2.00 bits per heavy atom. The monoisotopic (exact) mass is 417 g/mol. The van der Waals surface area contributed by atoms with Crippen LogP contribution in [-0.2, 0) is 6.42 Å². The third kappa shape index (κ3) is 3.40. The van der Waals surface area contributed by atoms with Crippen molar-refractivity contribution in [2.75, 3.05) is 24.5 Å². The van der Waals surface area contributed by atoms with E-state index in [4.69, 9.17) is 18.0 Å². The van der Waals surface area contributed by atoms with Gasteiger partial charge in [-0.3, -0.25) is 4.79 Å². The Balaban J connectivity index is 1.62. The highest BCUT2D eigenvalue weighted by atomic mass is 32.1. The number of piperidine rings is 1. The number of fused-ring (bicyclic) bond motifs is 1. The van der Waals surface area contributed by atoms with E-state index < -0.39 is 5.95 Å². The van der Waals surface area contributed by atoms with Crippen molar-refractivity contribution in [2.24, 2.45) is 5.73 Å². The number of carbonyl (C=O) groups is 1. The van der Waals surface area contributed by atoms with Gasteiger partial charge in [0.25, 0.3) is 5.91 Å². The minimum atomic E-state index is -0.556. The predicted molar refractivity (Wildman–Crippen MR) is 112 cm³/mol. The molecule has 146 valence electrons. The third-order valence-corrected chi connectivity index (χ3v) is 6.42. The van der Waals surface area contributed by atoms with Gasteiger partial charge in [-0.2, -0.15) is 4.39 Å². The first kappa shape index (κ1) is 18.9. The number of thiazole rings is 1. The molecule has 0 atom stereocenters. The number of allylic oxidation sites excluding steroid dienone is 1. The molecular weight excluding hydrogens is 397 g/mol. The molecule has 1 amide bonds. The molecule has 4 heterocycles. The topological polar surface area (TPSA) is 75.3 Å². The highest BCUT2D eigenvalue weighted by Crippen LogP contribution is 2.34. The van der Waals surface area contributed by atoms with Crippen LogP contribution in [0.3, 0.4) is 0 Å². The summed E-state index contributed by atoms with van der Waals surface area (Å²) in [6.45, 7) is 2.25. The average Bonchev–Trinajstić information content (AvgIpc) is 3.16. The molecule has 1 fully saturated rings. The highest BCUT2D eigenvalue weighted by molar-refractivity contribution is 7.79. The molecule has 1 saturated heterocycles. The van der Waals surface area contributed by atoms with Crippen LogP contribution in [0.1, 0.15) is 34.6 Å². The summed E-state index contributed by atoms with van der Waals surface area (Å²) in [6, 6.07) is 3.54. The van der Waals surface area contributed by atoms with E-state index in [9.17, 15) is 9.18 Å². The smallest absolute Gasteiger partial charge is 0.270 e. The van der Waals surface area contributed by atoms with Gasteiger partial charge in [-0.1, -0.05) is 12.2 Å². The average molecular weight is 418 g/mol. The summed E-state index contributed by atoms with van der Waals surface area (Å²) in [4.78, 5) is 25.6. The van der Waals surface area contributed by atoms with E-state index in [2.05, 4.69) is 14.9 Å². The summed E-state index contributed by atoms with van der Waals surface area (Å²) in [7, 11) is 0. The molecule has 6 nitrogen and oxygen atoms in total. The zero-order valence-electron chi connectivity index (χ0n) is 15.2. The quantitative estimate of drug-likeness (QED) is 0.468. The number of nitrogens with zero attached hydrogens (tertiary/aromatic N) is 4. The molecule has 0 radical (unpaired) electrons. The first-order valence-electron chi connectivity index (χ1n) is 9.23. The number of amides is 1. The van der Waals surface area contributed by atoms with Crippen molar-refractivity contribution in [1.29, 1.82) is 0 Å². The largest absolute Gasteiger partial charge is 0.403 e. The molecule has 0 saturated carbocycles. The molecule has 0 spiro atoms. The highest BCUT2D eigenvalue weighted by Gasteiger charge is 2.30. The zero-order valence-corrected chi connectivity index (χ0v) is 16.9. The Hall–Kier alpha value is -2.39. The summed E-state index contributed by atoms with van der Waals surface area (Å²) < 4.78 is 14.8. The van der Waals surface area contributed by atoms with Crippen LogP contribution in [0.5, 0.6) is 0 Å². The van der Waals surface area contributed by atoms with Gasteiger partial charge in [0.1, 0.15) is 15.7 Å². The molecule has 2 aliphatic heterocycles. The molecule has 0 aromatic carbocycles. The fourth-order valence-electron chi connectivity index (χ4n) is 3.57. The molecule has 0 bridgehead atoms.